The largest absolute Gasteiger partial charge is 0.481 e. The number of nitrogens with one attached hydrogen (secondary N) is 2. The molecule has 0 bridgehead atoms. The highest BCUT2D eigenvalue weighted by atomic mass is 16.5. The Hall–Kier alpha value is -3.23. The summed E-state index contributed by atoms with van der Waals surface area (Å²) < 4.78 is 10.9. The summed E-state index contributed by atoms with van der Waals surface area (Å²) in [6.07, 6.45) is 3.56. The van der Waals surface area contributed by atoms with Crippen molar-refractivity contribution in [1.82, 2.24) is 25.3 Å². The fourth-order valence-electron chi connectivity index (χ4n) is 3.06. The highest BCUT2D eigenvalue weighted by molar-refractivity contribution is 6.10. The van der Waals surface area contributed by atoms with Crippen LogP contribution in [0.25, 0.3) is 11.1 Å². The van der Waals surface area contributed by atoms with Gasteiger partial charge in [0.25, 0.3) is 5.91 Å². The van der Waals surface area contributed by atoms with E-state index in [1.807, 2.05) is 0 Å². The third-order valence-electron chi connectivity index (χ3n) is 4.82. The number of carbonyl (C=O) groups is 1. The van der Waals surface area contributed by atoms with Gasteiger partial charge in [0.15, 0.2) is 0 Å². The van der Waals surface area contributed by atoms with Crippen LogP contribution in [-0.2, 0) is 6.54 Å². The fraction of sp³-hybridized carbons (Fsp3) is 0.421. The van der Waals surface area contributed by atoms with E-state index in [-0.39, 0.29) is 18.0 Å². The number of nitrogens with zero attached hydrogens (tertiary/aromatic N) is 4. The molecule has 1 amide bonds. The van der Waals surface area contributed by atoms with E-state index in [0.29, 0.717) is 45.6 Å². The van der Waals surface area contributed by atoms with Crippen LogP contribution < -0.4 is 15.4 Å². The monoisotopic (exact) mass is 382 g/mol. The van der Waals surface area contributed by atoms with Crippen LogP contribution in [-0.4, -0.2) is 38.5 Å². The third-order valence-corrected chi connectivity index (χ3v) is 4.82. The molecule has 1 fully saturated rings. The van der Waals surface area contributed by atoms with Crippen LogP contribution >= 0.6 is 0 Å². The molecule has 0 aromatic carbocycles. The number of aryl methyl sites for hydroxylation is 2. The van der Waals surface area contributed by atoms with Crippen molar-refractivity contribution in [2.24, 2.45) is 0 Å². The second kappa shape index (κ2) is 6.74. The average molecular weight is 382 g/mol. The van der Waals surface area contributed by atoms with Crippen molar-refractivity contribution in [2.45, 2.75) is 45.7 Å². The molecule has 3 aromatic heterocycles. The standard InChI is InChI=1S/C19H22N6O3/c1-10-14(17(26)20-8-12-7-13(27-4)24-11(2)23-12)15-16(25-19(3)5-6-19)21-9-22-18(15)28-10/h7,9H,5-6,8H2,1-4H3,(H,20,26)(H,21,22,25). The first-order valence-electron chi connectivity index (χ1n) is 9.07. The summed E-state index contributed by atoms with van der Waals surface area (Å²) in [7, 11) is 1.54. The second-order valence-corrected chi connectivity index (χ2v) is 7.25. The molecule has 0 saturated heterocycles. The Bertz CT molecular complexity index is 1060. The summed E-state index contributed by atoms with van der Waals surface area (Å²) in [5.74, 6) is 1.87. The van der Waals surface area contributed by atoms with E-state index >= 15 is 0 Å². The Morgan fingerprint density at radius 3 is 2.79 bits per heavy atom. The van der Waals surface area contributed by atoms with Crippen molar-refractivity contribution < 1.29 is 13.9 Å². The normalized spacial score (nSPS) is 14.7. The average Bonchev–Trinajstić information content (AvgIpc) is 3.27. The molecule has 0 radical (unpaired) electrons. The van der Waals surface area contributed by atoms with Crippen LogP contribution in [0.1, 0.15) is 47.4 Å². The summed E-state index contributed by atoms with van der Waals surface area (Å²) in [6, 6.07) is 1.69. The van der Waals surface area contributed by atoms with Gasteiger partial charge in [-0.15, -0.1) is 0 Å². The van der Waals surface area contributed by atoms with Gasteiger partial charge < -0.3 is 19.8 Å². The van der Waals surface area contributed by atoms with Gasteiger partial charge in [-0.2, -0.15) is 4.98 Å². The van der Waals surface area contributed by atoms with Crippen LogP contribution in [0, 0.1) is 13.8 Å². The molecule has 0 aliphatic heterocycles. The van der Waals surface area contributed by atoms with Crippen molar-refractivity contribution in [3.05, 3.63) is 35.2 Å². The summed E-state index contributed by atoms with van der Waals surface area (Å²) in [4.78, 5) is 30.0. The van der Waals surface area contributed by atoms with Crippen molar-refractivity contribution >= 4 is 22.8 Å². The van der Waals surface area contributed by atoms with Crippen molar-refractivity contribution in [3.8, 4) is 5.88 Å². The molecule has 3 heterocycles. The van der Waals surface area contributed by atoms with Gasteiger partial charge in [-0.3, -0.25) is 4.79 Å². The molecule has 28 heavy (non-hydrogen) atoms. The van der Waals surface area contributed by atoms with Gasteiger partial charge in [-0.1, -0.05) is 0 Å². The number of anilines is 1. The number of fused-ring (bicyclic) bond motifs is 1. The Morgan fingerprint density at radius 1 is 1.29 bits per heavy atom. The maximum absolute atomic E-state index is 13.0. The Morgan fingerprint density at radius 2 is 2.07 bits per heavy atom. The van der Waals surface area contributed by atoms with Gasteiger partial charge >= 0.3 is 0 Å². The summed E-state index contributed by atoms with van der Waals surface area (Å²) in [5, 5.41) is 6.90. The summed E-state index contributed by atoms with van der Waals surface area (Å²) in [6.45, 7) is 5.88. The SMILES string of the molecule is COc1cc(CNC(=O)c2c(C)oc3ncnc(NC4(C)CC4)c23)nc(C)n1. The molecule has 146 valence electrons. The first-order valence-corrected chi connectivity index (χ1v) is 9.07. The number of amides is 1. The molecule has 9 heteroatoms. The van der Waals surface area contributed by atoms with Gasteiger partial charge in [0, 0.05) is 11.6 Å². The fourth-order valence-corrected chi connectivity index (χ4v) is 3.06. The molecule has 0 spiro atoms. The molecule has 0 atom stereocenters. The minimum Gasteiger partial charge on any atom is -0.481 e. The lowest BCUT2D eigenvalue weighted by atomic mass is 10.1. The predicted octanol–water partition coefficient (Wildman–Crippen LogP) is 2.53. The third kappa shape index (κ3) is 3.47. The molecule has 2 N–H and O–H groups in total. The number of rotatable bonds is 6. The molecule has 1 aliphatic rings. The van der Waals surface area contributed by atoms with Gasteiger partial charge in [0.05, 0.1) is 30.3 Å². The van der Waals surface area contributed by atoms with E-state index in [9.17, 15) is 4.79 Å². The second-order valence-electron chi connectivity index (χ2n) is 7.25. The van der Waals surface area contributed by atoms with Crippen LogP contribution in [0.15, 0.2) is 16.8 Å². The molecular weight excluding hydrogens is 360 g/mol. The summed E-state index contributed by atoms with van der Waals surface area (Å²) in [5.41, 5.74) is 1.49. The number of hydrogen-bond acceptors (Lipinski definition) is 8. The maximum Gasteiger partial charge on any atom is 0.255 e. The quantitative estimate of drug-likeness (QED) is 0.668. The first-order chi connectivity index (χ1) is 13.4. The van der Waals surface area contributed by atoms with Gasteiger partial charge in [0.1, 0.15) is 23.7 Å². The van der Waals surface area contributed by atoms with Crippen LogP contribution in [0.4, 0.5) is 5.82 Å². The molecular formula is C19H22N6O3. The van der Waals surface area contributed by atoms with Crippen LogP contribution in [0.5, 0.6) is 5.88 Å². The lowest BCUT2D eigenvalue weighted by Gasteiger charge is -2.13. The van der Waals surface area contributed by atoms with Crippen molar-refractivity contribution in [1.29, 1.82) is 0 Å². The minimum atomic E-state index is -0.273. The zero-order valence-electron chi connectivity index (χ0n) is 16.3. The lowest BCUT2D eigenvalue weighted by molar-refractivity contribution is 0.0950. The van der Waals surface area contributed by atoms with Crippen LogP contribution in [0.3, 0.4) is 0 Å². The minimum absolute atomic E-state index is 0.00917. The lowest BCUT2D eigenvalue weighted by Crippen LogP contribution is -2.24. The molecule has 4 rings (SSSR count). The van der Waals surface area contributed by atoms with E-state index in [0.717, 1.165) is 12.8 Å². The highest BCUT2D eigenvalue weighted by Gasteiger charge is 2.38. The van der Waals surface area contributed by atoms with Crippen molar-refractivity contribution in [3.63, 3.8) is 0 Å². The maximum atomic E-state index is 13.0. The number of hydrogen-bond donors (Lipinski definition) is 2. The van der Waals surface area contributed by atoms with Crippen molar-refractivity contribution in [2.75, 3.05) is 12.4 Å². The highest BCUT2D eigenvalue weighted by Crippen LogP contribution is 2.40. The van der Waals surface area contributed by atoms with E-state index < -0.39 is 0 Å². The first kappa shape index (κ1) is 18.1. The molecule has 3 aromatic rings. The Labute approximate surface area is 161 Å². The zero-order chi connectivity index (χ0) is 19.9. The number of ether oxygens (including phenoxy) is 1. The number of aromatic nitrogens is 4. The Balaban J connectivity index is 1.62. The molecule has 1 saturated carbocycles. The van der Waals surface area contributed by atoms with E-state index in [1.54, 1.807) is 27.0 Å². The molecule has 1 aliphatic carbocycles. The molecule has 9 nitrogen and oxygen atoms in total. The zero-order valence-corrected chi connectivity index (χ0v) is 16.3. The summed E-state index contributed by atoms with van der Waals surface area (Å²) >= 11 is 0. The number of furan rings is 1. The Kier molecular flexibility index (Phi) is 4.37. The number of carbonyl (C=O) groups excluding carboxylic acids is 1. The van der Waals surface area contributed by atoms with Gasteiger partial charge in [0.2, 0.25) is 11.6 Å². The van der Waals surface area contributed by atoms with E-state index in [1.165, 1.54) is 6.33 Å². The van der Waals surface area contributed by atoms with E-state index in [4.69, 9.17) is 9.15 Å². The van der Waals surface area contributed by atoms with E-state index in [2.05, 4.69) is 37.5 Å². The number of methoxy groups -OCH3 is 1. The topological polar surface area (TPSA) is 115 Å². The van der Waals surface area contributed by atoms with Crippen LogP contribution in [0.2, 0.25) is 0 Å². The van der Waals surface area contributed by atoms with Gasteiger partial charge in [-0.25, -0.2) is 15.0 Å². The smallest absolute Gasteiger partial charge is 0.255 e. The predicted molar refractivity (Wildman–Crippen MR) is 102 cm³/mol. The van der Waals surface area contributed by atoms with Gasteiger partial charge in [-0.05, 0) is 33.6 Å². The molecule has 0 unspecified atom stereocenters.